The topological polar surface area (TPSA) is 53.5 Å². The first-order valence-electron chi connectivity index (χ1n) is 10.1. The molecule has 5 heteroatoms. The van der Waals surface area contributed by atoms with E-state index in [-0.39, 0.29) is 11.8 Å². The molecule has 2 aromatic rings. The van der Waals surface area contributed by atoms with Gasteiger partial charge in [-0.05, 0) is 48.4 Å². The van der Waals surface area contributed by atoms with Gasteiger partial charge in [0.15, 0.2) is 0 Å². The number of benzene rings is 1. The Hall–Kier alpha value is -2.69. The molecule has 0 saturated carbocycles. The van der Waals surface area contributed by atoms with Crippen LogP contribution in [0.15, 0.2) is 54.9 Å². The van der Waals surface area contributed by atoms with Crippen LogP contribution in [0.3, 0.4) is 0 Å². The molecule has 2 heterocycles. The van der Waals surface area contributed by atoms with E-state index >= 15 is 0 Å². The van der Waals surface area contributed by atoms with E-state index in [2.05, 4.69) is 29.2 Å². The van der Waals surface area contributed by atoms with Crippen molar-refractivity contribution in [1.29, 1.82) is 0 Å². The number of likely N-dealkylation sites (tertiary alicyclic amines) is 1. The monoisotopic (exact) mass is 379 g/mol. The van der Waals surface area contributed by atoms with E-state index in [0.29, 0.717) is 25.4 Å². The van der Waals surface area contributed by atoms with E-state index < -0.39 is 0 Å². The number of hydrogen-bond donors (Lipinski definition) is 0. The molecule has 1 aliphatic rings. The van der Waals surface area contributed by atoms with Gasteiger partial charge in [0.2, 0.25) is 11.8 Å². The van der Waals surface area contributed by atoms with Crippen molar-refractivity contribution in [3.05, 3.63) is 66.0 Å². The first-order valence-corrected chi connectivity index (χ1v) is 10.1. The summed E-state index contributed by atoms with van der Waals surface area (Å²) in [6.07, 6.45) is 7.01. The van der Waals surface area contributed by atoms with Gasteiger partial charge >= 0.3 is 0 Å². The fourth-order valence-electron chi connectivity index (χ4n) is 3.78. The molecular formula is C23H29N3O2. The second kappa shape index (κ2) is 10.0. The highest BCUT2D eigenvalue weighted by molar-refractivity contribution is 5.78. The van der Waals surface area contributed by atoms with Crippen molar-refractivity contribution in [2.75, 3.05) is 19.6 Å². The summed E-state index contributed by atoms with van der Waals surface area (Å²) >= 11 is 0. The lowest BCUT2D eigenvalue weighted by atomic mass is 9.90. The number of piperidine rings is 1. The van der Waals surface area contributed by atoms with Crippen LogP contribution < -0.4 is 0 Å². The second-order valence-corrected chi connectivity index (χ2v) is 7.56. The molecule has 5 nitrogen and oxygen atoms in total. The van der Waals surface area contributed by atoms with Gasteiger partial charge in [-0.15, -0.1) is 0 Å². The summed E-state index contributed by atoms with van der Waals surface area (Å²) in [6.45, 7) is 4.17. The number of rotatable bonds is 7. The molecule has 0 bridgehead atoms. The van der Waals surface area contributed by atoms with Crippen molar-refractivity contribution in [2.45, 2.75) is 39.2 Å². The van der Waals surface area contributed by atoms with Crippen LogP contribution in [0.5, 0.6) is 0 Å². The number of aromatic nitrogens is 1. The van der Waals surface area contributed by atoms with E-state index in [1.54, 1.807) is 24.2 Å². The molecule has 0 aliphatic carbocycles. The molecule has 3 rings (SSSR count). The van der Waals surface area contributed by atoms with Crippen LogP contribution in [0.2, 0.25) is 0 Å². The Morgan fingerprint density at radius 3 is 2.36 bits per heavy atom. The van der Waals surface area contributed by atoms with Crippen molar-refractivity contribution in [1.82, 2.24) is 14.8 Å². The zero-order chi connectivity index (χ0) is 19.8. The Morgan fingerprint density at radius 2 is 1.71 bits per heavy atom. The normalized spacial score (nSPS) is 14.7. The van der Waals surface area contributed by atoms with Gasteiger partial charge in [0, 0.05) is 51.9 Å². The van der Waals surface area contributed by atoms with Crippen molar-refractivity contribution < 1.29 is 9.59 Å². The fourth-order valence-corrected chi connectivity index (χ4v) is 3.78. The number of pyridine rings is 1. The highest BCUT2D eigenvalue weighted by atomic mass is 16.2. The van der Waals surface area contributed by atoms with E-state index in [1.165, 1.54) is 5.56 Å². The SMILES string of the molecule is CC(=O)N(CCC(=O)N1CCC(Cc2ccccc2)CC1)Cc1ccncc1. The van der Waals surface area contributed by atoms with Crippen LogP contribution in [-0.4, -0.2) is 46.2 Å². The van der Waals surface area contributed by atoms with Gasteiger partial charge in [-0.25, -0.2) is 0 Å². The van der Waals surface area contributed by atoms with Crippen LogP contribution in [0.1, 0.15) is 37.3 Å². The Morgan fingerprint density at radius 1 is 1.04 bits per heavy atom. The molecule has 28 heavy (non-hydrogen) atoms. The van der Waals surface area contributed by atoms with Crippen LogP contribution in [0.25, 0.3) is 0 Å². The first kappa shape index (κ1) is 20.1. The molecule has 2 amide bonds. The summed E-state index contributed by atoms with van der Waals surface area (Å²) < 4.78 is 0. The van der Waals surface area contributed by atoms with E-state index in [0.717, 1.165) is 37.9 Å². The maximum absolute atomic E-state index is 12.6. The zero-order valence-electron chi connectivity index (χ0n) is 16.6. The Labute approximate surface area is 167 Å². The predicted octanol–water partition coefficient (Wildman–Crippen LogP) is 3.30. The minimum atomic E-state index is -0.00817. The van der Waals surface area contributed by atoms with E-state index in [4.69, 9.17) is 0 Å². The standard InChI is InChI=1S/C23H29N3O2/c1-19(27)26(18-22-7-12-24-13-8-22)16-11-23(28)25-14-9-21(10-15-25)17-20-5-3-2-4-6-20/h2-8,12-13,21H,9-11,14-18H2,1H3. The summed E-state index contributed by atoms with van der Waals surface area (Å²) in [5.41, 5.74) is 2.40. The van der Waals surface area contributed by atoms with Crippen LogP contribution in [0, 0.1) is 5.92 Å². The molecule has 0 radical (unpaired) electrons. The van der Waals surface area contributed by atoms with E-state index in [1.807, 2.05) is 23.1 Å². The fraction of sp³-hybridized carbons (Fsp3) is 0.435. The van der Waals surface area contributed by atoms with Crippen molar-refractivity contribution in [3.8, 4) is 0 Å². The van der Waals surface area contributed by atoms with Crippen LogP contribution >= 0.6 is 0 Å². The first-order chi connectivity index (χ1) is 13.6. The third kappa shape index (κ3) is 5.91. The molecule has 148 valence electrons. The Kier molecular flexibility index (Phi) is 7.18. The number of hydrogen-bond acceptors (Lipinski definition) is 3. The predicted molar refractivity (Wildman–Crippen MR) is 109 cm³/mol. The van der Waals surface area contributed by atoms with Crippen molar-refractivity contribution in [2.24, 2.45) is 5.92 Å². The summed E-state index contributed by atoms with van der Waals surface area (Å²) in [6, 6.07) is 14.4. The van der Waals surface area contributed by atoms with Gasteiger partial charge in [0.05, 0.1) is 0 Å². The Balaban J connectivity index is 1.43. The smallest absolute Gasteiger partial charge is 0.224 e. The summed E-state index contributed by atoms with van der Waals surface area (Å²) in [7, 11) is 0. The van der Waals surface area contributed by atoms with E-state index in [9.17, 15) is 9.59 Å². The molecule has 1 aromatic heterocycles. The highest BCUT2D eigenvalue weighted by Crippen LogP contribution is 2.22. The number of nitrogens with zero attached hydrogens (tertiary/aromatic N) is 3. The number of amides is 2. The quantitative estimate of drug-likeness (QED) is 0.742. The van der Waals surface area contributed by atoms with Gasteiger partial charge in [-0.2, -0.15) is 0 Å². The minimum Gasteiger partial charge on any atom is -0.343 e. The average Bonchev–Trinajstić information content (AvgIpc) is 2.73. The van der Waals surface area contributed by atoms with Crippen LogP contribution in [-0.2, 0) is 22.6 Å². The highest BCUT2D eigenvalue weighted by Gasteiger charge is 2.23. The molecule has 1 aliphatic heterocycles. The second-order valence-electron chi connectivity index (χ2n) is 7.56. The lowest BCUT2D eigenvalue weighted by Crippen LogP contribution is -2.41. The molecule has 1 saturated heterocycles. The summed E-state index contributed by atoms with van der Waals surface area (Å²) in [4.78, 5) is 32.3. The largest absolute Gasteiger partial charge is 0.343 e. The maximum Gasteiger partial charge on any atom is 0.224 e. The summed E-state index contributed by atoms with van der Waals surface area (Å²) in [5, 5.41) is 0. The van der Waals surface area contributed by atoms with Gasteiger partial charge in [-0.1, -0.05) is 30.3 Å². The Bertz CT molecular complexity index is 756. The zero-order valence-corrected chi connectivity index (χ0v) is 16.6. The molecule has 0 N–H and O–H groups in total. The lowest BCUT2D eigenvalue weighted by molar-refractivity contribution is -0.134. The van der Waals surface area contributed by atoms with Gasteiger partial charge in [0.1, 0.15) is 0 Å². The minimum absolute atomic E-state index is 0.00817. The number of carbonyl (C=O) groups is 2. The third-order valence-electron chi connectivity index (χ3n) is 5.50. The summed E-state index contributed by atoms with van der Waals surface area (Å²) in [5.74, 6) is 0.789. The molecular weight excluding hydrogens is 350 g/mol. The van der Waals surface area contributed by atoms with Crippen LogP contribution in [0.4, 0.5) is 0 Å². The van der Waals surface area contributed by atoms with Gasteiger partial charge in [0.25, 0.3) is 0 Å². The molecule has 1 fully saturated rings. The molecule has 0 unspecified atom stereocenters. The third-order valence-corrected chi connectivity index (χ3v) is 5.50. The van der Waals surface area contributed by atoms with Gasteiger partial charge in [-0.3, -0.25) is 14.6 Å². The maximum atomic E-state index is 12.6. The van der Waals surface area contributed by atoms with Crippen molar-refractivity contribution in [3.63, 3.8) is 0 Å². The number of carbonyl (C=O) groups excluding carboxylic acids is 2. The molecule has 0 atom stereocenters. The van der Waals surface area contributed by atoms with Gasteiger partial charge < -0.3 is 9.80 Å². The molecule has 1 aromatic carbocycles. The molecule has 0 spiro atoms. The lowest BCUT2D eigenvalue weighted by Gasteiger charge is -2.32. The average molecular weight is 380 g/mol. The van der Waals surface area contributed by atoms with Crippen molar-refractivity contribution >= 4 is 11.8 Å².